The van der Waals surface area contributed by atoms with Crippen LogP contribution in [0.2, 0.25) is 0 Å². The highest BCUT2D eigenvalue weighted by Gasteiger charge is 2.21. The lowest BCUT2D eigenvalue weighted by Gasteiger charge is -2.13. The summed E-state index contributed by atoms with van der Waals surface area (Å²) in [6.07, 6.45) is 0. The van der Waals surface area contributed by atoms with E-state index in [9.17, 15) is 9.59 Å². The molecule has 1 atom stereocenters. The molecular formula is C9H18N4O2S. The van der Waals surface area contributed by atoms with E-state index in [1.165, 1.54) is 4.90 Å². The molecule has 1 aliphatic rings. The minimum atomic E-state index is -0.149. The lowest BCUT2D eigenvalue weighted by atomic mass is 10.3. The monoisotopic (exact) mass is 246 g/mol. The molecule has 7 heteroatoms. The molecule has 0 aromatic heterocycles. The van der Waals surface area contributed by atoms with Crippen molar-refractivity contribution in [2.45, 2.75) is 6.04 Å². The van der Waals surface area contributed by atoms with Crippen LogP contribution in [0.3, 0.4) is 0 Å². The first kappa shape index (κ1) is 13.1. The normalized spacial score (nSPS) is 19.2. The quantitative estimate of drug-likeness (QED) is 0.558. The summed E-state index contributed by atoms with van der Waals surface area (Å²) in [5.41, 5.74) is 0. The third-order valence-electron chi connectivity index (χ3n) is 2.14. The van der Waals surface area contributed by atoms with Gasteiger partial charge in [-0.2, -0.15) is 0 Å². The van der Waals surface area contributed by atoms with E-state index in [2.05, 4.69) is 16.0 Å². The minimum Gasteiger partial charge on any atom is -0.353 e. The number of thioether (sulfide) groups is 1. The number of rotatable bonds is 4. The molecule has 1 heterocycles. The van der Waals surface area contributed by atoms with Crippen LogP contribution in [-0.4, -0.2) is 61.7 Å². The zero-order valence-electron chi connectivity index (χ0n) is 9.58. The molecule has 0 bridgehead atoms. The Morgan fingerprint density at radius 3 is 2.62 bits per heavy atom. The van der Waals surface area contributed by atoms with Gasteiger partial charge in [0.1, 0.15) is 0 Å². The van der Waals surface area contributed by atoms with Crippen molar-refractivity contribution >= 4 is 23.7 Å². The number of amides is 3. The number of hydrogen-bond donors (Lipinski definition) is 3. The summed E-state index contributed by atoms with van der Waals surface area (Å²) in [4.78, 5) is 24.1. The van der Waals surface area contributed by atoms with Gasteiger partial charge in [-0.15, -0.1) is 11.8 Å². The molecule has 1 aliphatic heterocycles. The Kier molecular flexibility index (Phi) is 5.41. The molecule has 3 amide bonds. The SMILES string of the molecule is CN(C)C(=O)NCCNC(=O)C1CSCN1. The van der Waals surface area contributed by atoms with Gasteiger partial charge in [-0.3, -0.25) is 10.1 Å². The summed E-state index contributed by atoms with van der Waals surface area (Å²) < 4.78 is 0. The van der Waals surface area contributed by atoms with E-state index in [-0.39, 0.29) is 18.0 Å². The molecule has 0 aromatic rings. The van der Waals surface area contributed by atoms with Gasteiger partial charge in [0.2, 0.25) is 5.91 Å². The van der Waals surface area contributed by atoms with Gasteiger partial charge in [-0.25, -0.2) is 4.79 Å². The molecule has 1 fully saturated rings. The van der Waals surface area contributed by atoms with E-state index < -0.39 is 0 Å². The first-order chi connectivity index (χ1) is 7.61. The van der Waals surface area contributed by atoms with E-state index >= 15 is 0 Å². The maximum Gasteiger partial charge on any atom is 0.316 e. The number of hydrogen-bond acceptors (Lipinski definition) is 4. The first-order valence-corrected chi connectivity index (χ1v) is 6.30. The molecule has 3 N–H and O–H groups in total. The highest BCUT2D eigenvalue weighted by atomic mass is 32.2. The van der Waals surface area contributed by atoms with E-state index in [0.717, 1.165) is 11.6 Å². The summed E-state index contributed by atoms with van der Waals surface area (Å²) in [6, 6.07) is -0.238. The van der Waals surface area contributed by atoms with Crippen molar-refractivity contribution in [1.29, 1.82) is 0 Å². The van der Waals surface area contributed by atoms with Crippen molar-refractivity contribution in [2.24, 2.45) is 0 Å². The summed E-state index contributed by atoms with van der Waals surface area (Å²) in [5, 5.41) is 8.53. The van der Waals surface area contributed by atoms with E-state index in [1.54, 1.807) is 25.9 Å². The Bertz CT molecular complexity index is 254. The fourth-order valence-electron chi connectivity index (χ4n) is 1.20. The average Bonchev–Trinajstić information content (AvgIpc) is 2.76. The Balaban J connectivity index is 2.06. The smallest absolute Gasteiger partial charge is 0.316 e. The topological polar surface area (TPSA) is 73.5 Å². The van der Waals surface area contributed by atoms with Crippen molar-refractivity contribution < 1.29 is 9.59 Å². The average molecular weight is 246 g/mol. The second-order valence-electron chi connectivity index (χ2n) is 3.69. The summed E-state index contributed by atoms with van der Waals surface area (Å²) in [5.74, 6) is 1.65. The Hall–Kier alpha value is -0.950. The van der Waals surface area contributed by atoms with Crippen LogP contribution in [0.1, 0.15) is 0 Å². The first-order valence-electron chi connectivity index (χ1n) is 5.15. The number of carbonyl (C=O) groups is 2. The molecule has 0 aromatic carbocycles. The second kappa shape index (κ2) is 6.59. The van der Waals surface area contributed by atoms with Crippen molar-refractivity contribution in [3.63, 3.8) is 0 Å². The molecule has 1 saturated heterocycles. The fourth-order valence-corrected chi connectivity index (χ4v) is 2.14. The lowest BCUT2D eigenvalue weighted by molar-refractivity contribution is -0.122. The van der Waals surface area contributed by atoms with Crippen LogP contribution >= 0.6 is 11.8 Å². The maximum atomic E-state index is 11.5. The molecule has 0 saturated carbocycles. The van der Waals surface area contributed by atoms with Crippen LogP contribution in [0, 0.1) is 0 Å². The second-order valence-corrected chi connectivity index (χ2v) is 4.72. The Labute approximate surface area is 99.5 Å². The third-order valence-corrected chi connectivity index (χ3v) is 3.08. The van der Waals surface area contributed by atoms with E-state index in [1.807, 2.05) is 0 Å². The van der Waals surface area contributed by atoms with Gasteiger partial charge >= 0.3 is 6.03 Å². The molecule has 92 valence electrons. The zero-order valence-corrected chi connectivity index (χ0v) is 10.4. The molecule has 0 radical (unpaired) electrons. The van der Waals surface area contributed by atoms with Gasteiger partial charge in [-0.1, -0.05) is 0 Å². The summed E-state index contributed by atoms with van der Waals surface area (Å²) in [7, 11) is 3.35. The lowest BCUT2D eigenvalue weighted by Crippen LogP contribution is -2.45. The Morgan fingerprint density at radius 2 is 2.06 bits per heavy atom. The highest BCUT2D eigenvalue weighted by molar-refractivity contribution is 7.99. The molecule has 0 aliphatic carbocycles. The van der Waals surface area contributed by atoms with Crippen LogP contribution < -0.4 is 16.0 Å². The van der Waals surface area contributed by atoms with Crippen molar-refractivity contribution in [2.75, 3.05) is 38.8 Å². The molecule has 1 unspecified atom stereocenters. The third kappa shape index (κ3) is 4.28. The molecular weight excluding hydrogens is 228 g/mol. The van der Waals surface area contributed by atoms with Crippen LogP contribution in [0.4, 0.5) is 4.79 Å². The van der Waals surface area contributed by atoms with Gasteiger partial charge in [0, 0.05) is 38.8 Å². The van der Waals surface area contributed by atoms with Gasteiger partial charge in [0.05, 0.1) is 6.04 Å². The van der Waals surface area contributed by atoms with Gasteiger partial charge in [-0.05, 0) is 0 Å². The summed E-state index contributed by atoms with van der Waals surface area (Å²) >= 11 is 1.71. The predicted octanol–water partition coefficient (Wildman–Crippen LogP) is -0.964. The molecule has 16 heavy (non-hydrogen) atoms. The highest BCUT2D eigenvalue weighted by Crippen LogP contribution is 2.08. The van der Waals surface area contributed by atoms with Gasteiger partial charge in [0.25, 0.3) is 0 Å². The number of nitrogens with one attached hydrogen (secondary N) is 3. The fraction of sp³-hybridized carbons (Fsp3) is 0.778. The number of carbonyl (C=O) groups excluding carboxylic acids is 2. The van der Waals surface area contributed by atoms with E-state index in [4.69, 9.17) is 0 Å². The standard InChI is InChI=1S/C9H18N4O2S/c1-13(2)9(15)11-4-3-10-8(14)7-5-16-6-12-7/h7,12H,3-6H2,1-2H3,(H,10,14)(H,11,15). The van der Waals surface area contributed by atoms with Crippen LogP contribution in [0.25, 0.3) is 0 Å². The van der Waals surface area contributed by atoms with E-state index in [0.29, 0.717) is 13.1 Å². The molecule has 1 rings (SSSR count). The summed E-state index contributed by atoms with van der Waals surface area (Å²) in [6.45, 7) is 0.907. The number of urea groups is 1. The maximum absolute atomic E-state index is 11.5. The Morgan fingerprint density at radius 1 is 1.38 bits per heavy atom. The van der Waals surface area contributed by atoms with Gasteiger partial charge in [0.15, 0.2) is 0 Å². The zero-order chi connectivity index (χ0) is 12.0. The van der Waals surface area contributed by atoms with Crippen molar-refractivity contribution in [3.05, 3.63) is 0 Å². The predicted molar refractivity (Wildman–Crippen MR) is 64.3 cm³/mol. The van der Waals surface area contributed by atoms with Crippen molar-refractivity contribution in [3.8, 4) is 0 Å². The van der Waals surface area contributed by atoms with Crippen LogP contribution in [0.15, 0.2) is 0 Å². The molecule has 0 spiro atoms. The molecule has 6 nitrogen and oxygen atoms in total. The van der Waals surface area contributed by atoms with Gasteiger partial charge < -0.3 is 15.5 Å². The van der Waals surface area contributed by atoms with Crippen molar-refractivity contribution in [1.82, 2.24) is 20.9 Å². The minimum absolute atomic E-state index is 0.00380. The van der Waals surface area contributed by atoms with Crippen LogP contribution in [-0.2, 0) is 4.79 Å². The largest absolute Gasteiger partial charge is 0.353 e. The van der Waals surface area contributed by atoms with Crippen LogP contribution in [0.5, 0.6) is 0 Å². The number of nitrogens with zero attached hydrogens (tertiary/aromatic N) is 1.